The zero-order valence-corrected chi connectivity index (χ0v) is 10.7. The van der Waals surface area contributed by atoms with Crippen LogP contribution in [0.5, 0.6) is 0 Å². The molecule has 0 atom stereocenters. The predicted molar refractivity (Wildman–Crippen MR) is 75.0 cm³/mol. The Morgan fingerprint density at radius 1 is 1.11 bits per heavy atom. The highest BCUT2D eigenvalue weighted by Gasteiger charge is 2.11. The van der Waals surface area contributed by atoms with Gasteiger partial charge in [0.2, 0.25) is 0 Å². The first kappa shape index (κ1) is 10.6. The summed E-state index contributed by atoms with van der Waals surface area (Å²) in [6.07, 6.45) is 3.35. The Kier molecular flexibility index (Phi) is 2.28. The van der Waals surface area contributed by atoms with Gasteiger partial charge in [0.05, 0.1) is 6.26 Å². The van der Waals surface area contributed by atoms with Crippen molar-refractivity contribution in [1.29, 1.82) is 0 Å². The molecule has 0 saturated heterocycles. The molecule has 0 aliphatic rings. The lowest BCUT2D eigenvalue weighted by Crippen LogP contribution is -1.74. The van der Waals surface area contributed by atoms with Crippen LogP contribution in [0.25, 0.3) is 33.0 Å². The highest BCUT2D eigenvalue weighted by Crippen LogP contribution is 2.32. The van der Waals surface area contributed by atoms with Gasteiger partial charge in [-0.05, 0) is 18.2 Å². The van der Waals surface area contributed by atoms with Crippen molar-refractivity contribution in [2.75, 3.05) is 0 Å². The van der Waals surface area contributed by atoms with Gasteiger partial charge >= 0.3 is 0 Å². The lowest BCUT2D eigenvalue weighted by Gasteiger charge is -1.88. The number of benzene rings is 1. The molecule has 3 heterocycles. The molecule has 4 rings (SSSR count). The second-order valence-electron chi connectivity index (χ2n) is 4.20. The van der Waals surface area contributed by atoms with Gasteiger partial charge in [0.1, 0.15) is 22.5 Å². The quantitative estimate of drug-likeness (QED) is 0.523. The molecule has 1 aromatic carbocycles. The number of furan rings is 2. The number of para-hydroxylation sites is 1. The van der Waals surface area contributed by atoms with Gasteiger partial charge in [0.25, 0.3) is 0 Å². The number of rotatable bonds is 2. The van der Waals surface area contributed by atoms with E-state index in [1.54, 1.807) is 23.9 Å². The Bertz CT molecular complexity index is 794. The van der Waals surface area contributed by atoms with Crippen LogP contribution >= 0.6 is 11.3 Å². The zero-order chi connectivity index (χ0) is 12.7. The van der Waals surface area contributed by atoms with E-state index in [4.69, 9.17) is 8.83 Å². The van der Waals surface area contributed by atoms with Gasteiger partial charge in [0, 0.05) is 16.3 Å². The number of fused-ring (bicyclic) bond motifs is 1. The molecule has 92 valence electrons. The second-order valence-corrected chi connectivity index (χ2v) is 5.06. The van der Waals surface area contributed by atoms with Crippen LogP contribution in [0.15, 0.2) is 63.1 Å². The largest absolute Gasteiger partial charge is 0.472 e. The summed E-state index contributed by atoms with van der Waals surface area (Å²) in [6.45, 7) is 0. The Hall–Kier alpha value is -2.33. The van der Waals surface area contributed by atoms with E-state index >= 15 is 0 Å². The van der Waals surface area contributed by atoms with Gasteiger partial charge in [0.15, 0.2) is 5.76 Å². The van der Waals surface area contributed by atoms with E-state index in [0.717, 1.165) is 33.0 Å². The third-order valence-electron chi connectivity index (χ3n) is 2.95. The Morgan fingerprint density at radius 2 is 2.05 bits per heavy atom. The van der Waals surface area contributed by atoms with Crippen LogP contribution in [0, 0.1) is 0 Å². The third-order valence-corrected chi connectivity index (χ3v) is 3.84. The lowest BCUT2D eigenvalue weighted by atomic mass is 10.2. The standard InChI is InChI=1S/C15H9NO2S/c1-2-4-13-10(3-1)7-14(18-13)12-9-19-15(16-12)11-5-6-17-8-11/h1-9H. The van der Waals surface area contributed by atoms with Crippen LogP contribution in [0.2, 0.25) is 0 Å². The molecule has 0 aliphatic heterocycles. The summed E-state index contributed by atoms with van der Waals surface area (Å²) in [4.78, 5) is 4.58. The molecule has 0 amide bonds. The van der Waals surface area contributed by atoms with Crippen molar-refractivity contribution in [2.24, 2.45) is 0 Å². The summed E-state index contributed by atoms with van der Waals surface area (Å²) in [5.74, 6) is 0.798. The van der Waals surface area contributed by atoms with Gasteiger partial charge in [-0.15, -0.1) is 11.3 Å². The summed E-state index contributed by atoms with van der Waals surface area (Å²) in [5.41, 5.74) is 2.74. The minimum Gasteiger partial charge on any atom is -0.472 e. The smallest absolute Gasteiger partial charge is 0.154 e. The van der Waals surface area contributed by atoms with Crippen molar-refractivity contribution in [3.63, 3.8) is 0 Å². The molecule has 19 heavy (non-hydrogen) atoms. The fourth-order valence-electron chi connectivity index (χ4n) is 2.01. The normalized spacial score (nSPS) is 11.2. The zero-order valence-electron chi connectivity index (χ0n) is 9.87. The van der Waals surface area contributed by atoms with E-state index in [9.17, 15) is 0 Å². The van der Waals surface area contributed by atoms with Gasteiger partial charge in [-0.2, -0.15) is 0 Å². The van der Waals surface area contributed by atoms with Crippen molar-refractivity contribution in [3.05, 3.63) is 54.3 Å². The lowest BCUT2D eigenvalue weighted by molar-refractivity contribution is 0.568. The van der Waals surface area contributed by atoms with E-state index in [2.05, 4.69) is 4.98 Å². The van der Waals surface area contributed by atoms with E-state index in [0.29, 0.717) is 0 Å². The third kappa shape index (κ3) is 1.77. The van der Waals surface area contributed by atoms with Gasteiger partial charge in [-0.25, -0.2) is 4.98 Å². The molecule has 0 saturated carbocycles. The monoisotopic (exact) mass is 267 g/mol. The summed E-state index contributed by atoms with van der Waals surface area (Å²) in [7, 11) is 0. The number of hydrogen-bond donors (Lipinski definition) is 0. The Labute approximate surface area is 113 Å². The molecule has 3 aromatic heterocycles. The molecular weight excluding hydrogens is 258 g/mol. The Balaban J connectivity index is 1.80. The average Bonchev–Trinajstić information content (AvgIpc) is 3.17. The predicted octanol–water partition coefficient (Wildman–Crippen LogP) is 4.82. The first-order valence-corrected chi connectivity index (χ1v) is 6.75. The Morgan fingerprint density at radius 3 is 2.89 bits per heavy atom. The maximum absolute atomic E-state index is 5.81. The number of thiazole rings is 1. The number of nitrogens with zero attached hydrogens (tertiary/aromatic N) is 1. The molecule has 4 aromatic rings. The van der Waals surface area contributed by atoms with Gasteiger partial charge in [-0.3, -0.25) is 0 Å². The maximum Gasteiger partial charge on any atom is 0.154 e. The summed E-state index contributed by atoms with van der Waals surface area (Å²) in [6, 6.07) is 11.9. The molecule has 3 nitrogen and oxygen atoms in total. The molecule has 0 bridgehead atoms. The van der Waals surface area contributed by atoms with Crippen LogP contribution in [0.1, 0.15) is 0 Å². The first-order valence-electron chi connectivity index (χ1n) is 5.87. The topological polar surface area (TPSA) is 39.2 Å². The van der Waals surface area contributed by atoms with Crippen LogP contribution < -0.4 is 0 Å². The van der Waals surface area contributed by atoms with Crippen molar-refractivity contribution < 1.29 is 8.83 Å². The average molecular weight is 267 g/mol. The van der Waals surface area contributed by atoms with Crippen LogP contribution in [0.3, 0.4) is 0 Å². The highest BCUT2D eigenvalue weighted by atomic mass is 32.1. The molecule has 0 spiro atoms. The van der Waals surface area contributed by atoms with Crippen molar-refractivity contribution in [1.82, 2.24) is 4.98 Å². The highest BCUT2D eigenvalue weighted by molar-refractivity contribution is 7.13. The number of aromatic nitrogens is 1. The van der Waals surface area contributed by atoms with Crippen LogP contribution in [0.4, 0.5) is 0 Å². The van der Waals surface area contributed by atoms with E-state index in [1.165, 1.54) is 0 Å². The minimum absolute atomic E-state index is 0.798. The minimum atomic E-state index is 0.798. The molecule has 0 fully saturated rings. The molecule has 0 aliphatic carbocycles. The van der Waals surface area contributed by atoms with E-state index < -0.39 is 0 Å². The molecule has 0 radical (unpaired) electrons. The van der Waals surface area contributed by atoms with Gasteiger partial charge < -0.3 is 8.83 Å². The molecule has 0 N–H and O–H groups in total. The first-order chi connectivity index (χ1) is 9.40. The summed E-state index contributed by atoms with van der Waals surface area (Å²) < 4.78 is 10.9. The van der Waals surface area contributed by atoms with Gasteiger partial charge in [-0.1, -0.05) is 18.2 Å². The molecule has 4 heteroatoms. The SMILES string of the molecule is c1ccc2oc(-c3csc(-c4ccoc4)n3)cc2c1. The second kappa shape index (κ2) is 4.10. The van der Waals surface area contributed by atoms with E-state index in [-0.39, 0.29) is 0 Å². The fourth-order valence-corrected chi connectivity index (χ4v) is 2.81. The van der Waals surface area contributed by atoms with Crippen molar-refractivity contribution in [3.8, 4) is 22.0 Å². The fraction of sp³-hybridized carbons (Fsp3) is 0. The van der Waals surface area contributed by atoms with Crippen molar-refractivity contribution >= 4 is 22.3 Å². The maximum atomic E-state index is 5.81. The van der Waals surface area contributed by atoms with Crippen LogP contribution in [-0.2, 0) is 0 Å². The molecule has 0 unspecified atom stereocenters. The number of hydrogen-bond acceptors (Lipinski definition) is 4. The molecular formula is C15H9NO2S. The van der Waals surface area contributed by atoms with E-state index in [1.807, 2.05) is 41.8 Å². The summed E-state index contributed by atoms with van der Waals surface area (Å²) in [5, 5.41) is 4.03. The van der Waals surface area contributed by atoms with Crippen LogP contribution in [-0.4, -0.2) is 4.98 Å². The summed E-state index contributed by atoms with van der Waals surface area (Å²) >= 11 is 1.58. The van der Waals surface area contributed by atoms with Crippen molar-refractivity contribution in [2.45, 2.75) is 0 Å².